The van der Waals surface area contributed by atoms with Gasteiger partial charge >= 0.3 is 0 Å². The normalized spacial score (nSPS) is 26.4. The average Bonchev–Trinajstić information content (AvgIpc) is 2.51. The van der Waals surface area contributed by atoms with Gasteiger partial charge in [-0.05, 0) is 30.6 Å². The van der Waals surface area contributed by atoms with Crippen molar-refractivity contribution in [3.63, 3.8) is 0 Å². The number of hydrogen-bond donors (Lipinski definition) is 1. The highest BCUT2D eigenvalue weighted by Crippen LogP contribution is 2.44. The molecule has 0 spiro atoms. The van der Waals surface area contributed by atoms with Crippen LogP contribution in [0.3, 0.4) is 0 Å². The van der Waals surface area contributed by atoms with Crippen molar-refractivity contribution in [1.29, 1.82) is 0 Å². The number of benzene rings is 1. The van der Waals surface area contributed by atoms with E-state index in [1.165, 1.54) is 6.07 Å². The van der Waals surface area contributed by atoms with E-state index in [4.69, 9.17) is 4.43 Å². The molecule has 0 aromatic heterocycles. The molecule has 5 heteroatoms. The fourth-order valence-electron chi connectivity index (χ4n) is 3.46. The Balaban J connectivity index is 2.01. The minimum absolute atomic E-state index is 0.0195. The number of fused-ring (bicyclic) bond motifs is 2. The molecule has 0 radical (unpaired) electrons. The SMILES string of the molecule is CC(C)(C)[Si](C)(C)O[C@@H]1C=CC[C@@H]2C(=O)c3c(O)cccc3C(=O)[C@@H]21. The first-order valence-corrected chi connectivity index (χ1v) is 11.7. The van der Waals surface area contributed by atoms with Crippen molar-refractivity contribution in [3.05, 3.63) is 41.5 Å². The predicted molar refractivity (Wildman–Crippen MR) is 99.6 cm³/mol. The maximum atomic E-state index is 13.1. The zero-order chi connectivity index (χ0) is 18.6. The van der Waals surface area contributed by atoms with E-state index in [-0.39, 0.29) is 34.0 Å². The van der Waals surface area contributed by atoms with Crippen LogP contribution in [0.2, 0.25) is 18.1 Å². The molecule has 0 unspecified atom stereocenters. The van der Waals surface area contributed by atoms with Gasteiger partial charge in [0.25, 0.3) is 0 Å². The summed E-state index contributed by atoms with van der Waals surface area (Å²) < 4.78 is 6.49. The summed E-state index contributed by atoms with van der Waals surface area (Å²) in [7, 11) is -2.09. The Hall–Kier alpha value is -1.72. The zero-order valence-electron chi connectivity index (χ0n) is 15.5. The van der Waals surface area contributed by atoms with Crippen LogP contribution in [0.25, 0.3) is 0 Å². The summed E-state index contributed by atoms with van der Waals surface area (Å²) in [4.78, 5) is 26.1. The maximum Gasteiger partial charge on any atom is 0.192 e. The molecule has 0 fully saturated rings. The second-order valence-electron chi connectivity index (χ2n) is 8.57. The van der Waals surface area contributed by atoms with Gasteiger partial charge in [-0.2, -0.15) is 0 Å². The van der Waals surface area contributed by atoms with Crippen LogP contribution in [0.15, 0.2) is 30.4 Å². The molecular formula is C20H26O4Si. The molecule has 0 bridgehead atoms. The minimum atomic E-state index is -2.09. The second-order valence-corrected chi connectivity index (χ2v) is 13.3. The third-order valence-electron chi connectivity index (χ3n) is 5.93. The van der Waals surface area contributed by atoms with Crippen LogP contribution >= 0.6 is 0 Å². The molecule has 0 saturated heterocycles. The van der Waals surface area contributed by atoms with E-state index in [1.807, 2.05) is 12.2 Å². The molecule has 1 aromatic carbocycles. The summed E-state index contributed by atoms with van der Waals surface area (Å²) in [6.45, 7) is 10.8. The second kappa shape index (κ2) is 5.92. The van der Waals surface area contributed by atoms with Crippen molar-refractivity contribution < 1.29 is 19.1 Å². The summed E-state index contributed by atoms with van der Waals surface area (Å²) in [6.07, 6.45) is 4.02. The third-order valence-corrected chi connectivity index (χ3v) is 10.4. The Morgan fingerprint density at radius 3 is 2.48 bits per heavy atom. The zero-order valence-corrected chi connectivity index (χ0v) is 16.5. The number of hydrogen-bond acceptors (Lipinski definition) is 4. The lowest BCUT2D eigenvalue weighted by Gasteiger charge is -2.44. The van der Waals surface area contributed by atoms with Gasteiger partial charge in [-0.3, -0.25) is 9.59 Å². The molecule has 1 aromatic rings. The van der Waals surface area contributed by atoms with E-state index < -0.39 is 20.2 Å². The minimum Gasteiger partial charge on any atom is -0.507 e. The van der Waals surface area contributed by atoms with Crippen LogP contribution in [0.5, 0.6) is 5.75 Å². The molecule has 4 nitrogen and oxygen atoms in total. The van der Waals surface area contributed by atoms with Gasteiger partial charge in [0.1, 0.15) is 5.75 Å². The summed E-state index contributed by atoms with van der Waals surface area (Å²) in [5.74, 6) is -1.30. The van der Waals surface area contributed by atoms with Crippen molar-refractivity contribution in [3.8, 4) is 5.75 Å². The van der Waals surface area contributed by atoms with Crippen molar-refractivity contribution in [2.24, 2.45) is 11.8 Å². The molecule has 25 heavy (non-hydrogen) atoms. The smallest absolute Gasteiger partial charge is 0.192 e. The molecule has 3 atom stereocenters. The van der Waals surface area contributed by atoms with Gasteiger partial charge in [-0.25, -0.2) is 0 Å². The van der Waals surface area contributed by atoms with Gasteiger partial charge in [0.05, 0.1) is 17.6 Å². The van der Waals surface area contributed by atoms with Gasteiger partial charge < -0.3 is 9.53 Å². The predicted octanol–water partition coefficient (Wildman–Crippen LogP) is 4.35. The van der Waals surface area contributed by atoms with Crippen molar-refractivity contribution >= 4 is 19.9 Å². The Kier molecular flexibility index (Phi) is 4.28. The maximum absolute atomic E-state index is 13.1. The van der Waals surface area contributed by atoms with E-state index in [0.29, 0.717) is 12.0 Å². The van der Waals surface area contributed by atoms with Gasteiger partial charge in [-0.1, -0.05) is 45.1 Å². The van der Waals surface area contributed by atoms with Gasteiger partial charge in [-0.15, -0.1) is 0 Å². The summed E-state index contributed by atoms with van der Waals surface area (Å²) in [6, 6.07) is 4.71. The molecule has 2 aliphatic carbocycles. The standard InChI is InChI=1S/C20H26O4Si/c1-20(2,3)25(4,5)24-15-11-7-9-13-17(15)19(23)12-8-6-10-14(21)16(12)18(13)22/h6-8,10-11,13,15,17,21H,9H2,1-5H3/t13-,15+,17-/m0/s1. The molecule has 0 amide bonds. The van der Waals surface area contributed by atoms with Gasteiger partial charge in [0.15, 0.2) is 19.9 Å². The Morgan fingerprint density at radius 1 is 1.16 bits per heavy atom. The molecule has 3 rings (SSSR count). The highest BCUT2D eigenvalue weighted by molar-refractivity contribution is 6.74. The number of ketones is 2. The number of carbonyl (C=O) groups is 2. The number of rotatable bonds is 2. The molecule has 134 valence electrons. The number of phenols is 1. The van der Waals surface area contributed by atoms with E-state index in [2.05, 4.69) is 33.9 Å². The average molecular weight is 359 g/mol. The first-order valence-electron chi connectivity index (χ1n) is 8.79. The van der Waals surface area contributed by atoms with Crippen LogP contribution in [-0.4, -0.2) is 31.1 Å². The van der Waals surface area contributed by atoms with Gasteiger partial charge in [0, 0.05) is 11.5 Å². The van der Waals surface area contributed by atoms with Crippen LogP contribution < -0.4 is 0 Å². The highest BCUT2D eigenvalue weighted by atomic mass is 28.4. The topological polar surface area (TPSA) is 63.6 Å². The molecule has 0 saturated carbocycles. The van der Waals surface area contributed by atoms with E-state index >= 15 is 0 Å². The number of carbonyl (C=O) groups excluding carboxylic acids is 2. The highest BCUT2D eigenvalue weighted by Gasteiger charge is 2.49. The monoisotopic (exact) mass is 358 g/mol. The molecule has 2 aliphatic rings. The van der Waals surface area contributed by atoms with E-state index in [0.717, 1.165) is 0 Å². The largest absolute Gasteiger partial charge is 0.507 e. The lowest BCUT2D eigenvalue weighted by molar-refractivity contribution is 0.0544. The molecule has 0 aliphatic heterocycles. The number of phenolic OH excluding ortho intramolecular Hbond substituents is 1. The van der Waals surface area contributed by atoms with Crippen molar-refractivity contribution in [2.75, 3.05) is 0 Å². The van der Waals surface area contributed by atoms with Crippen LogP contribution in [0, 0.1) is 11.8 Å². The van der Waals surface area contributed by atoms with Crippen LogP contribution in [0.1, 0.15) is 47.9 Å². The lowest BCUT2D eigenvalue weighted by atomic mass is 9.68. The summed E-state index contributed by atoms with van der Waals surface area (Å²) in [5, 5.41) is 10.1. The Morgan fingerprint density at radius 2 is 1.84 bits per heavy atom. The van der Waals surface area contributed by atoms with E-state index in [1.54, 1.807) is 12.1 Å². The van der Waals surface area contributed by atoms with Crippen molar-refractivity contribution in [1.82, 2.24) is 0 Å². The first-order chi connectivity index (χ1) is 11.5. The number of allylic oxidation sites excluding steroid dienone is 1. The summed E-state index contributed by atoms with van der Waals surface area (Å²) in [5.41, 5.74) is 0.500. The molecule has 1 N–H and O–H groups in total. The quantitative estimate of drug-likeness (QED) is 0.630. The molecule has 0 heterocycles. The third kappa shape index (κ3) is 2.89. The summed E-state index contributed by atoms with van der Waals surface area (Å²) >= 11 is 0. The lowest BCUT2D eigenvalue weighted by Crippen LogP contribution is -2.51. The number of Topliss-reactive ketones (excluding diaryl/α,β-unsaturated/α-hetero) is 2. The molecular weight excluding hydrogens is 332 g/mol. The Bertz CT molecular complexity index is 757. The van der Waals surface area contributed by atoms with Crippen LogP contribution in [-0.2, 0) is 4.43 Å². The van der Waals surface area contributed by atoms with E-state index in [9.17, 15) is 14.7 Å². The van der Waals surface area contributed by atoms with Crippen molar-refractivity contribution in [2.45, 2.75) is 51.4 Å². The fraction of sp³-hybridized carbons (Fsp3) is 0.500. The fourth-order valence-corrected chi connectivity index (χ4v) is 4.71. The first kappa shape index (κ1) is 18.1. The van der Waals surface area contributed by atoms with Crippen LogP contribution in [0.4, 0.5) is 0 Å². The Labute approximate surface area is 150 Å². The number of aromatic hydroxyl groups is 1. The van der Waals surface area contributed by atoms with Gasteiger partial charge in [0.2, 0.25) is 0 Å².